The highest BCUT2D eigenvalue weighted by molar-refractivity contribution is 9.10. The van der Waals surface area contributed by atoms with E-state index < -0.39 is 0 Å². The number of fused-ring (bicyclic) bond motifs is 6. The van der Waals surface area contributed by atoms with E-state index in [1.54, 1.807) is 0 Å². The molecule has 1 atom stereocenters. The van der Waals surface area contributed by atoms with Gasteiger partial charge >= 0.3 is 0 Å². The second kappa shape index (κ2) is 8.57. The molecule has 0 N–H and O–H groups in total. The summed E-state index contributed by atoms with van der Waals surface area (Å²) in [5.41, 5.74) is 15.2. The minimum absolute atomic E-state index is 0.0218. The molecule has 0 nitrogen and oxygen atoms in total. The second-order valence-electron chi connectivity index (χ2n) is 11.1. The number of hydrogen-bond donors (Lipinski definition) is 0. The first-order valence-corrected chi connectivity index (χ1v) is 14.0. The fourth-order valence-electron chi connectivity index (χ4n) is 6.67. The van der Waals surface area contributed by atoms with Gasteiger partial charge in [-0.3, -0.25) is 0 Å². The van der Waals surface area contributed by atoms with Gasteiger partial charge in [-0.15, -0.1) is 0 Å². The van der Waals surface area contributed by atoms with E-state index in [2.05, 4.69) is 139 Å². The Morgan fingerprint density at radius 3 is 2.30 bits per heavy atom. The summed E-state index contributed by atoms with van der Waals surface area (Å²) in [6, 6.07) is 40.8. The first-order valence-electron chi connectivity index (χ1n) is 13.2. The highest BCUT2D eigenvalue weighted by atomic mass is 79.9. The molecule has 7 rings (SSSR count). The van der Waals surface area contributed by atoms with Gasteiger partial charge in [-0.25, -0.2) is 0 Å². The van der Waals surface area contributed by atoms with Gasteiger partial charge in [0.1, 0.15) is 0 Å². The van der Waals surface area contributed by atoms with Crippen LogP contribution in [0.25, 0.3) is 33.4 Å². The maximum Gasteiger partial charge on any atom is 0.0256 e. The molecule has 2 aliphatic carbocycles. The van der Waals surface area contributed by atoms with Crippen LogP contribution in [-0.2, 0) is 18.3 Å². The van der Waals surface area contributed by atoms with E-state index in [-0.39, 0.29) is 5.41 Å². The van der Waals surface area contributed by atoms with Gasteiger partial charge < -0.3 is 0 Å². The highest BCUT2D eigenvalue weighted by Gasteiger charge is 2.36. The minimum atomic E-state index is -0.0218. The van der Waals surface area contributed by atoms with E-state index in [1.165, 1.54) is 65.7 Å². The third kappa shape index (κ3) is 3.63. The third-order valence-electron chi connectivity index (χ3n) is 8.57. The van der Waals surface area contributed by atoms with E-state index >= 15 is 0 Å². The van der Waals surface area contributed by atoms with Gasteiger partial charge in [0.25, 0.3) is 0 Å². The molecule has 0 fully saturated rings. The SMILES string of the molecule is CC1(C)c2cc(-c3ccc4c(c3)-c3ccccc3CC4Cc3ccccc3)ccc2-c2c(Br)cccc21. The lowest BCUT2D eigenvalue weighted by Crippen LogP contribution is -2.15. The summed E-state index contributed by atoms with van der Waals surface area (Å²) in [6.07, 6.45) is 2.17. The fraction of sp³-hybridized carbons (Fsp3) is 0.167. The predicted octanol–water partition coefficient (Wildman–Crippen LogP) is 9.97. The number of benzene rings is 5. The molecule has 0 spiro atoms. The Balaban J connectivity index is 1.34. The molecule has 1 unspecified atom stereocenters. The summed E-state index contributed by atoms with van der Waals surface area (Å²) < 4.78 is 1.18. The average Bonchev–Trinajstić information content (AvgIpc) is 3.16. The molecule has 0 amide bonds. The Hall–Kier alpha value is -3.42. The van der Waals surface area contributed by atoms with Crippen LogP contribution in [0.2, 0.25) is 0 Å². The molecule has 1 heteroatoms. The maximum atomic E-state index is 3.82. The van der Waals surface area contributed by atoms with Crippen molar-refractivity contribution >= 4 is 15.9 Å². The predicted molar refractivity (Wildman–Crippen MR) is 159 cm³/mol. The molecule has 2 aliphatic rings. The zero-order valence-corrected chi connectivity index (χ0v) is 22.8. The largest absolute Gasteiger partial charge is 0.0622 e. The molecular weight excluding hydrogens is 512 g/mol. The lowest BCUT2D eigenvalue weighted by Gasteiger charge is -2.29. The molecule has 0 radical (unpaired) electrons. The van der Waals surface area contributed by atoms with E-state index in [1.807, 2.05) is 0 Å². The van der Waals surface area contributed by atoms with Gasteiger partial charge in [0.05, 0.1) is 0 Å². The summed E-state index contributed by atoms with van der Waals surface area (Å²) in [7, 11) is 0. The van der Waals surface area contributed by atoms with Crippen LogP contribution in [0.15, 0.2) is 114 Å². The van der Waals surface area contributed by atoms with E-state index in [0.29, 0.717) is 5.92 Å². The quantitative estimate of drug-likeness (QED) is 0.213. The van der Waals surface area contributed by atoms with Crippen LogP contribution in [-0.4, -0.2) is 0 Å². The molecule has 0 heterocycles. The van der Waals surface area contributed by atoms with Crippen LogP contribution in [0, 0.1) is 0 Å². The Morgan fingerprint density at radius 1 is 0.676 bits per heavy atom. The normalized spacial score (nSPS) is 16.5. The number of halogens is 1. The Morgan fingerprint density at radius 2 is 1.43 bits per heavy atom. The number of rotatable bonds is 3. The van der Waals surface area contributed by atoms with Gasteiger partial charge in [0.2, 0.25) is 0 Å². The molecule has 0 aliphatic heterocycles. The Bertz CT molecular complexity index is 1660. The van der Waals surface area contributed by atoms with Gasteiger partial charge in [-0.2, -0.15) is 0 Å². The van der Waals surface area contributed by atoms with Crippen LogP contribution in [0.1, 0.15) is 47.6 Å². The van der Waals surface area contributed by atoms with Crippen molar-refractivity contribution in [2.24, 2.45) is 0 Å². The molecular formula is C36H29Br. The number of hydrogen-bond acceptors (Lipinski definition) is 0. The van der Waals surface area contributed by atoms with E-state index in [0.717, 1.165) is 12.8 Å². The van der Waals surface area contributed by atoms with Crippen LogP contribution in [0.5, 0.6) is 0 Å². The van der Waals surface area contributed by atoms with Crippen molar-refractivity contribution in [2.75, 3.05) is 0 Å². The summed E-state index contributed by atoms with van der Waals surface area (Å²) in [5, 5.41) is 0. The molecule has 0 saturated carbocycles. The Kier molecular flexibility index (Phi) is 5.27. The molecule has 180 valence electrons. The summed E-state index contributed by atoms with van der Waals surface area (Å²) in [5.74, 6) is 0.493. The third-order valence-corrected chi connectivity index (χ3v) is 9.24. The highest BCUT2D eigenvalue weighted by Crippen LogP contribution is 2.52. The smallest absolute Gasteiger partial charge is 0.0256 e. The van der Waals surface area contributed by atoms with E-state index in [4.69, 9.17) is 0 Å². The van der Waals surface area contributed by atoms with Crippen molar-refractivity contribution in [3.8, 4) is 33.4 Å². The minimum Gasteiger partial charge on any atom is -0.0622 e. The first-order chi connectivity index (χ1) is 18.0. The van der Waals surface area contributed by atoms with Crippen molar-refractivity contribution in [1.82, 2.24) is 0 Å². The lowest BCUT2D eigenvalue weighted by molar-refractivity contribution is 0.660. The van der Waals surface area contributed by atoms with Gasteiger partial charge in [-0.05, 0) is 92.6 Å². The summed E-state index contributed by atoms with van der Waals surface area (Å²) in [6.45, 7) is 4.70. The van der Waals surface area contributed by atoms with Gasteiger partial charge in [0, 0.05) is 15.5 Å². The molecule has 0 aromatic heterocycles. The second-order valence-corrected chi connectivity index (χ2v) is 12.0. The summed E-state index contributed by atoms with van der Waals surface area (Å²) in [4.78, 5) is 0. The Labute approximate surface area is 228 Å². The van der Waals surface area contributed by atoms with Crippen molar-refractivity contribution in [3.63, 3.8) is 0 Å². The maximum absolute atomic E-state index is 3.82. The van der Waals surface area contributed by atoms with Crippen molar-refractivity contribution in [1.29, 1.82) is 0 Å². The van der Waals surface area contributed by atoms with Crippen LogP contribution >= 0.6 is 15.9 Å². The zero-order valence-electron chi connectivity index (χ0n) is 21.3. The standard InChI is InChI=1S/C36H29Br/c1-36(2)32-13-8-14-34(37)35(32)30-18-16-25(22-33(30)36)24-15-17-29-27(19-23-9-4-3-5-10-23)20-26-11-6-7-12-28(26)31(29)21-24/h3-18,21-22,27H,19-20H2,1-2H3. The molecule has 5 aromatic rings. The van der Waals surface area contributed by atoms with E-state index in [9.17, 15) is 0 Å². The average molecular weight is 542 g/mol. The van der Waals surface area contributed by atoms with Crippen LogP contribution in [0.3, 0.4) is 0 Å². The fourth-order valence-corrected chi connectivity index (χ4v) is 7.24. The summed E-state index contributed by atoms with van der Waals surface area (Å²) >= 11 is 3.82. The van der Waals surface area contributed by atoms with Crippen LogP contribution in [0.4, 0.5) is 0 Å². The van der Waals surface area contributed by atoms with Crippen molar-refractivity contribution in [2.45, 2.75) is 38.0 Å². The van der Waals surface area contributed by atoms with Gasteiger partial charge in [-0.1, -0.05) is 121 Å². The lowest BCUT2D eigenvalue weighted by atomic mass is 9.75. The zero-order chi connectivity index (χ0) is 25.1. The molecule has 37 heavy (non-hydrogen) atoms. The molecule has 5 aromatic carbocycles. The monoisotopic (exact) mass is 540 g/mol. The van der Waals surface area contributed by atoms with Crippen molar-refractivity contribution in [3.05, 3.63) is 141 Å². The topological polar surface area (TPSA) is 0 Å². The van der Waals surface area contributed by atoms with Crippen molar-refractivity contribution < 1.29 is 0 Å². The van der Waals surface area contributed by atoms with Crippen LogP contribution < -0.4 is 0 Å². The first kappa shape index (κ1) is 22.8. The molecule has 0 saturated heterocycles. The molecule has 0 bridgehead atoms. The van der Waals surface area contributed by atoms with Gasteiger partial charge in [0.15, 0.2) is 0 Å².